The van der Waals surface area contributed by atoms with E-state index in [2.05, 4.69) is 98.5 Å². The molecule has 0 saturated heterocycles. The topological polar surface area (TPSA) is 44.9 Å². The summed E-state index contributed by atoms with van der Waals surface area (Å²) < 4.78 is 25.3. The third-order valence-corrected chi connectivity index (χ3v) is 8.93. The molecule has 7 rings (SSSR count). The lowest BCUT2D eigenvalue weighted by atomic mass is 9.88. The summed E-state index contributed by atoms with van der Waals surface area (Å²) in [4.78, 5) is 4.76. The van der Waals surface area contributed by atoms with Crippen LogP contribution in [0.2, 0.25) is 0 Å². The summed E-state index contributed by atoms with van der Waals surface area (Å²) in [6, 6.07) is 33.8. The van der Waals surface area contributed by atoms with E-state index in [9.17, 15) is 4.39 Å². The molecule has 0 aliphatic rings. The first kappa shape index (κ1) is 31.4. The van der Waals surface area contributed by atoms with Crippen LogP contribution in [0.5, 0.6) is 11.5 Å². The Balaban J connectivity index is 1.32. The highest BCUT2D eigenvalue weighted by molar-refractivity contribution is 6.09. The van der Waals surface area contributed by atoms with Crippen molar-refractivity contribution in [2.24, 2.45) is 0 Å². The number of benzene rings is 4. The van der Waals surface area contributed by atoms with Gasteiger partial charge in [-0.25, -0.2) is 14.1 Å². The summed E-state index contributed by atoms with van der Waals surface area (Å²) in [6.45, 7) is 11.0. The van der Waals surface area contributed by atoms with Crippen LogP contribution in [-0.2, 0) is 18.3 Å². The van der Waals surface area contributed by atoms with Crippen molar-refractivity contribution in [3.63, 3.8) is 0 Å². The van der Waals surface area contributed by atoms with Gasteiger partial charge >= 0.3 is 0 Å². The van der Waals surface area contributed by atoms with Crippen LogP contribution in [0.15, 0.2) is 109 Å². The minimum Gasteiger partial charge on any atom is -0.457 e. The van der Waals surface area contributed by atoms with Crippen molar-refractivity contribution in [2.75, 3.05) is 0 Å². The molecule has 7 aromatic rings. The van der Waals surface area contributed by atoms with Crippen LogP contribution in [0, 0.1) is 5.82 Å². The van der Waals surface area contributed by atoms with E-state index in [4.69, 9.17) is 14.8 Å². The predicted molar refractivity (Wildman–Crippen MR) is 194 cm³/mol. The highest BCUT2D eigenvalue weighted by Gasteiger charge is 2.21. The largest absolute Gasteiger partial charge is 0.457 e. The average Bonchev–Trinajstić information content (AvgIpc) is 3.60. The smallest absolute Gasteiger partial charge is 0.137 e. The molecule has 0 bridgehead atoms. The summed E-state index contributed by atoms with van der Waals surface area (Å²) >= 11 is 0. The van der Waals surface area contributed by atoms with Gasteiger partial charge in [-0.1, -0.05) is 83.9 Å². The van der Waals surface area contributed by atoms with Crippen molar-refractivity contribution < 1.29 is 9.13 Å². The van der Waals surface area contributed by atoms with Crippen LogP contribution in [-0.4, -0.2) is 19.3 Å². The van der Waals surface area contributed by atoms with Gasteiger partial charge in [0.05, 0.1) is 28.1 Å². The number of nitrogens with zero attached hydrogens (tertiary/aromatic N) is 4. The molecule has 3 heterocycles. The molecule has 0 amide bonds. The summed E-state index contributed by atoms with van der Waals surface area (Å²) in [6.07, 6.45) is 5.71. The molecule has 0 spiro atoms. The summed E-state index contributed by atoms with van der Waals surface area (Å²) in [5, 5.41) is 6.95. The van der Waals surface area contributed by atoms with Crippen LogP contribution in [0.3, 0.4) is 0 Å². The second kappa shape index (κ2) is 12.8. The Hall–Kier alpha value is -5.23. The summed E-state index contributed by atoms with van der Waals surface area (Å²) in [7, 11) is 0. The molecule has 0 aliphatic carbocycles. The fraction of sp³-hybridized carbons (Fsp3) is 0.238. The zero-order chi connectivity index (χ0) is 33.4. The lowest BCUT2D eigenvalue weighted by molar-refractivity contribution is 0.482. The zero-order valence-electron chi connectivity index (χ0n) is 28.3. The second-order valence-corrected chi connectivity index (χ2v) is 13.5. The van der Waals surface area contributed by atoms with E-state index in [-0.39, 0.29) is 11.2 Å². The van der Waals surface area contributed by atoms with E-state index >= 15 is 0 Å². The Labute approximate surface area is 281 Å². The van der Waals surface area contributed by atoms with Gasteiger partial charge in [0.15, 0.2) is 0 Å². The first-order chi connectivity index (χ1) is 23.2. The minimum atomic E-state index is -0.270. The minimum absolute atomic E-state index is 0.0490. The third-order valence-electron chi connectivity index (χ3n) is 8.93. The fourth-order valence-corrected chi connectivity index (χ4v) is 6.64. The number of aryl methyl sites for hydroxylation is 1. The van der Waals surface area contributed by atoms with Crippen molar-refractivity contribution in [1.29, 1.82) is 0 Å². The van der Waals surface area contributed by atoms with Crippen molar-refractivity contribution in [2.45, 2.75) is 65.7 Å². The molecule has 0 radical (unpaired) electrons. The van der Waals surface area contributed by atoms with Gasteiger partial charge in [0, 0.05) is 34.7 Å². The molecule has 48 heavy (non-hydrogen) atoms. The lowest BCUT2D eigenvalue weighted by Crippen LogP contribution is -2.12. The second-order valence-electron chi connectivity index (χ2n) is 13.5. The molecular formula is C42H41FN4O. The van der Waals surface area contributed by atoms with Crippen molar-refractivity contribution >= 4 is 21.8 Å². The molecule has 4 aromatic carbocycles. The van der Waals surface area contributed by atoms with Crippen molar-refractivity contribution in [3.05, 3.63) is 132 Å². The first-order valence-corrected chi connectivity index (χ1v) is 16.9. The van der Waals surface area contributed by atoms with Crippen LogP contribution >= 0.6 is 0 Å². The molecule has 0 atom stereocenters. The number of fused-ring (bicyclic) bond motifs is 3. The quantitative estimate of drug-likeness (QED) is 0.158. The Bertz CT molecular complexity index is 2240. The Kier molecular flexibility index (Phi) is 8.34. The number of ether oxygens (including phenoxy) is 1. The van der Waals surface area contributed by atoms with E-state index in [0.717, 1.165) is 64.7 Å². The van der Waals surface area contributed by atoms with Gasteiger partial charge in [-0.3, -0.25) is 4.57 Å². The van der Waals surface area contributed by atoms with Crippen LogP contribution in [0.4, 0.5) is 4.39 Å². The molecule has 5 nitrogen and oxygen atoms in total. The number of hydrogen-bond acceptors (Lipinski definition) is 3. The number of rotatable bonds is 9. The SMILES string of the molecule is CCCc1nn(-c2cccc(Oc3ccc4c5cc(F)ccc5n(-c5cc(C(C)(C)C)ccn5)c4c3)c2)c(CCC)c1-c1ccccc1. The van der Waals surface area contributed by atoms with Gasteiger partial charge in [-0.2, -0.15) is 5.10 Å². The predicted octanol–water partition coefficient (Wildman–Crippen LogP) is 11.2. The van der Waals surface area contributed by atoms with Gasteiger partial charge in [0.2, 0.25) is 0 Å². The maximum atomic E-state index is 14.5. The normalized spacial score (nSPS) is 11.9. The Morgan fingerprint density at radius 2 is 1.52 bits per heavy atom. The van der Waals surface area contributed by atoms with E-state index < -0.39 is 0 Å². The van der Waals surface area contributed by atoms with E-state index in [1.54, 1.807) is 6.07 Å². The molecule has 0 fully saturated rings. The molecule has 3 aromatic heterocycles. The lowest BCUT2D eigenvalue weighted by Gasteiger charge is -2.20. The fourth-order valence-electron chi connectivity index (χ4n) is 6.64. The van der Waals surface area contributed by atoms with Gasteiger partial charge < -0.3 is 4.74 Å². The Morgan fingerprint density at radius 1 is 0.729 bits per heavy atom. The monoisotopic (exact) mass is 636 g/mol. The van der Waals surface area contributed by atoms with Crippen LogP contribution in [0.1, 0.15) is 64.4 Å². The van der Waals surface area contributed by atoms with Gasteiger partial charge in [-0.05, 0) is 84.0 Å². The number of aromatic nitrogens is 4. The van der Waals surface area contributed by atoms with Crippen molar-refractivity contribution in [3.8, 4) is 34.1 Å². The Morgan fingerprint density at radius 3 is 2.29 bits per heavy atom. The van der Waals surface area contributed by atoms with Gasteiger partial charge in [0.1, 0.15) is 23.1 Å². The standard InChI is InChI=1S/C42H41FN4O/c1-6-12-36-41(28-14-9-8-10-15-28)38(13-7-2)47(45-36)31-16-11-17-32(26-31)48-33-19-20-34-35-25-30(43)18-21-37(35)46(39(34)27-33)40-24-29(22-23-44-40)42(3,4)5/h8-11,14-27H,6-7,12-13H2,1-5H3. The molecular weight excluding hydrogens is 595 g/mol. The summed E-state index contributed by atoms with van der Waals surface area (Å²) in [5.74, 6) is 1.91. The van der Waals surface area contributed by atoms with Crippen LogP contribution in [0.25, 0.3) is 44.4 Å². The van der Waals surface area contributed by atoms with Crippen molar-refractivity contribution in [1.82, 2.24) is 19.3 Å². The first-order valence-electron chi connectivity index (χ1n) is 16.9. The molecule has 6 heteroatoms. The molecule has 0 N–H and O–H groups in total. The van der Waals surface area contributed by atoms with Gasteiger partial charge in [-0.15, -0.1) is 0 Å². The number of halogens is 1. The average molecular weight is 637 g/mol. The zero-order valence-corrected chi connectivity index (χ0v) is 28.3. The maximum absolute atomic E-state index is 14.5. The van der Waals surface area contributed by atoms with E-state index in [1.807, 2.05) is 42.6 Å². The van der Waals surface area contributed by atoms with E-state index in [1.165, 1.54) is 28.5 Å². The van der Waals surface area contributed by atoms with E-state index in [0.29, 0.717) is 11.5 Å². The van der Waals surface area contributed by atoms with Gasteiger partial charge in [0.25, 0.3) is 0 Å². The molecule has 0 unspecified atom stereocenters. The van der Waals surface area contributed by atoms with Crippen LogP contribution < -0.4 is 4.74 Å². The summed E-state index contributed by atoms with van der Waals surface area (Å²) in [5.41, 5.74) is 8.66. The maximum Gasteiger partial charge on any atom is 0.137 e. The number of pyridine rings is 1. The third kappa shape index (κ3) is 5.87. The highest BCUT2D eigenvalue weighted by atomic mass is 19.1. The molecule has 242 valence electrons. The highest BCUT2D eigenvalue weighted by Crippen LogP contribution is 2.37. The molecule has 0 saturated carbocycles. The molecule has 0 aliphatic heterocycles. The number of hydrogen-bond donors (Lipinski definition) is 0.